The molecule has 124 valence electrons. The number of piperidine rings is 1. The molecule has 0 aliphatic carbocycles. The van der Waals surface area contributed by atoms with Gasteiger partial charge in [0.2, 0.25) is 0 Å². The maximum atomic E-state index is 13.7. The quantitative estimate of drug-likeness (QED) is 0.915. The third kappa shape index (κ3) is 4.11. The molecule has 2 aromatic rings. The Morgan fingerprint density at radius 2 is 2.22 bits per heavy atom. The number of hydrogen-bond acceptors (Lipinski definition) is 4. The van der Waals surface area contributed by atoms with E-state index in [9.17, 15) is 13.9 Å². The maximum Gasteiger partial charge on any atom is 0.137 e. The van der Waals surface area contributed by atoms with Gasteiger partial charge in [0, 0.05) is 31.3 Å². The van der Waals surface area contributed by atoms with Crippen LogP contribution in [0.2, 0.25) is 0 Å². The molecule has 1 N–H and O–H groups in total. The lowest BCUT2D eigenvalue weighted by Crippen LogP contribution is -2.39. The number of rotatable bonds is 5. The molecule has 23 heavy (non-hydrogen) atoms. The summed E-state index contributed by atoms with van der Waals surface area (Å²) in [7, 11) is 0. The number of likely N-dealkylation sites (tertiary alicyclic amines) is 1. The van der Waals surface area contributed by atoms with Gasteiger partial charge in [-0.1, -0.05) is 6.07 Å². The van der Waals surface area contributed by atoms with Gasteiger partial charge in [0.05, 0.1) is 6.10 Å². The van der Waals surface area contributed by atoms with Crippen molar-refractivity contribution in [3.63, 3.8) is 0 Å². The number of β-amino-alcohol motifs (C(OH)–C–C–N with tert-alkyl or cyclic N) is 1. The Kier molecular flexibility index (Phi) is 4.97. The largest absolute Gasteiger partial charge is 0.387 e. The van der Waals surface area contributed by atoms with Crippen molar-refractivity contribution < 1.29 is 13.9 Å². The first kappa shape index (κ1) is 16.0. The minimum absolute atomic E-state index is 0.143. The van der Waals surface area contributed by atoms with Crippen LogP contribution in [0, 0.1) is 17.6 Å². The van der Waals surface area contributed by atoms with Gasteiger partial charge >= 0.3 is 0 Å². The molecule has 1 aliphatic heterocycles. The van der Waals surface area contributed by atoms with Gasteiger partial charge in [0.15, 0.2) is 0 Å². The van der Waals surface area contributed by atoms with E-state index in [1.165, 1.54) is 18.5 Å². The smallest absolute Gasteiger partial charge is 0.137 e. The number of halogens is 2. The fourth-order valence-corrected chi connectivity index (χ4v) is 3.17. The van der Waals surface area contributed by atoms with E-state index in [0.29, 0.717) is 12.5 Å². The standard InChI is InChI=1S/C16H20F2N4O/c17-13-3-4-14(15(18)6-13)16(23)9-21-5-1-2-12(7-21)8-22-11-19-10-20-22/h3-4,6,10-12,16,23H,1-2,5,7-9H2/t12-,16-/m1/s1. The molecule has 1 aromatic carbocycles. The average molecular weight is 322 g/mol. The van der Waals surface area contributed by atoms with E-state index in [-0.39, 0.29) is 5.56 Å². The Bertz CT molecular complexity index is 635. The van der Waals surface area contributed by atoms with Gasteiger partial charge in [-0.15, -0.1) is 0 Å². The number of hydrogen-bond donors (Lipinski definition) is 1. The van der Waals surface area contributed by atoms with Crippen LogP contribution in [0.15, 0.2) is 30.9 Å². The first-order valence-corrected chi connectivity index (χ1v) is 7.79. The highest BCUT2D eigenvalue weighted by atomic mass is 19.1. The summed E-state index contributed by atoms with van der Waals surface area (Å²) in [6.45, 7) is 2.82. The highest BCUT2D eigenvalue weighted by Gasteiger charge is 2.24. The molecular weight excluding hydrogens is 302 g/mol. The molecule has 0 amide bonds. The van der Waals surface area contributed by atoms with Crippen LogP contribution in [-0.4, -0.2) is 44.4 Å². The summed E-state index contributed by atoms with van der Waals surface area (Å²) in [5.41, 5.74) is 0.143. The Morgan fingerprint density at radius 1 is 1.35 bits per heavy atom. The van der Waals surface area contributed by atoms with Crippen molar-refractivity contribution in [1.29, 1.82) is 0 Å². The van der Waals surface area contributed by atoms with Crippen LogP contribution in [0.3, 0.4) is 0 Å². The number of benzene rings is 1. The van der Waals surface area contributed by atoms with Crippen molar-refractivity contribution in [2.75, 3.05) is 19.6 Å². The van der Waals surface area contributed by atoms with E-state index in [1.807, 2.05) is 4.68 Å². The molecule has 0 saturated carbocycles. The minimum Gasteiger partial charge on any atom is -0.387 e. The molecule has 5 nitrogen and oxygen atoms in total. The Hall–Kier alpha value is -1.86. The lowest BCUT2D eigenvalue weighted by Gasteiger charge is -2.33. The van der Waals surface area contributed by atoms with Crippen LogP contribution >= 0.6 is 0 Å². The number of aliphatic hydroxyl groups excluding tert-OH is 1. The number of aliphatic hydroxyl groups is 1. The Labute approximate surface area is 133 Å². The predicted octanol–water partition coefficient (Wildman–Crippen LogP) is 2.00. The summed E-state index contributed by atoms with van der Waals surface area (Å²) in [5.74, 6) is -0.909. The second kappa shape index (κ2) is 7.14. The second-order valence-corrected chi connectivity index (χ2v) is 6.07. The van der Waals surface area contributed by atoms with E-state index in [4.69, 9.17) is 0 Å². The zero-order valence-electron chi connectivity index (χ0n) is 12.8. The average Bonchev–Trinajstić information content (AvgIpc) is 3.00. The van der Waals surface area contributed by atoms with E-state index < -0.39 is 17.7 Å². The van der Waals surface area contributed by atoms with Crippen LogP contribution in [0.25, 0.3) is 0 Å². The monoisotopic (exact) mass is 322 g/mol. The van der Waals surface area contributed by atoms with Gasteiger partial charge in [-0.25, -0.2) is 13.8 Å². The van der Waals surface area contributed by atoms with Crippen LogP contribution < -0.4 is 0 Å². The lowest BCUT2D eigenvalue weighted by molar-refractivity contribution is 0.0779. The molecule has 0 spiro atoms. The molecule has 3 rings (SSSR count). The maximum absolute atomic E-state index is 13.7. The van der Waals surface area contributed by atoms with Gasteiger partial charge in [-0.05, 0) is 31.4 Å². The summed E-state index contributed by atoms with van der Waals surface area (Å²) in [4.78, 5) is 6.06. The molecule has 1 fully saturated rings. The van der Waals surface area contributed by atoms with Crippen molar-refractivity contribution >= 4 is 0 Å². The summed E-state index contributed by atoms with van der Waals surface area (Å²) in [6, 6.07) is 3.29. The van der Waals surface area contributed by atoms with E-state index in [2.05, 4.69) is 15.0 Å². The molecule has 2 heterocycles. The SMILES string of the molecule is O[C@H](CN1CCC[C@@H](Cn2cncn2)C1)c1ccc(F)cc1F. The minimum atomic E-state index is -0.958. The fraction of sp³-hybridized carbons (Fsp3) is 0.500. The topological polar surface area (TPSA) is 54.2 Å². The van der Waals surface area contributed by atoms with Crippen LogP contribution in [-0.2, 0) is 6.54 Å². The predicted molar refractivity (Wildman–Crippen MR) is 80.5 cm³/mol. The third-order valence-corrected chi connectivity index (χ3v) is 4.27. The molecular formula is C16H20F2N4O. The summed E-state index contributed by atoms with van der Waals surface area (Å²) >= 11 is 0. The third-order valence-electron chi connectivity index (χ3n) is 4.27. The van der Waals surface area contributed by atoms with Crippen molar-refractivity contribution in [1.82, 2.24) is 19.7 Å². The molecule has 2 atom stereocenters. The number of nitrogens with zero attached hydrogens (tertiary/aromatic N) is 4. The molecule has 0 radical (unpaired) electrons. The highest BCUT2D eigenvalue weighted by Crippen LogP contribution is 2.23. The van der Waals surface area contributed by atoms with Gasteiger partial charge in [0.1, 0.15) is 24.3 Å². The molecule has 0 unspecified atom stereocenters. The van der Waals surface area contributed by atoms with E-state index in [0.717, 1.165) is 38.5 Å². The Morgan fingerprint density at radius 3 is 2.96 bits per heavy atom. The normalized spacial score (nSPS) is 20.6. The molecule has 7 heteroatoms. The van der Waals surface area contributed by atoms with E-state index in [1.54, 1.807) is 6.33 Å². The molecule has 1 saturated heterocycles. The van der Waals surface area contributed by atoms with Crippen LogP contribution in [0.4, 0.5) is 8.78 Å². The summed E-state index contributed by atoms with van der Waals surface area (Å²) < 4.78 is 28.5. The van der Waals surface area contributed by atoms with Gasteiger partial charge in [-0.3, -0.25) is 4.68 Å². The lowest BCUT2D eigenvalue weighted by atomic mass is 9.97. The zero-order valence-corrected chi connectivity index (χ0v) is 12.8. The Balaban J connectivity index is 1.58. The van der Waals surface area contributed by atoms with Crippen molar-refractivity contribution in [3.05, 3.63) is 48.1 Å². The molecule has 1 aliphatic rings. The van der Waals surface area contributed by atoms with Crippen LogP contribution in [0.1, 0.15) is 24.5 Å². The summed E-state index contributed by atoms with van der Waals surface area (Å²) in [5, 5.41) is 14.4. The molecule has 0 bridgehead atoms. The van der Waals surface area contributed by atoms with Crippen molar-refractivity contribution in [2.24, 2.45) is 5.92 Å². The van der Waals surface area contributed by atoms with E-state index >= 15 is 0 Å². The first-order chi connectivity index (χ1) is 11.1. The van der Waals surface area contributed by atoms with Gasteiger partial charge in [0.25, 0.3) is 0 Å². The highest BCUT2D eigenvalue weighted by molar-refractivity contribution is 5.21. The zero-order chi connectivity index (χ0) is 16.2. The number of aromatic nitrogens is 3. The van der Waals surface area contributed by atoms with Crippen molar-refractivity contribution in [3.8, 4) is 0 Å². The van der Waals surface area contributed by atoms with Gasteiger partial charge < -0.3 is 10.0 Å². The van der Waals surface area contributed by atoms with Crippen molar-refractivity contribution in [2.45, 2.75) is 25.5 Å². The molecule has 1 aromatic heterocycles. The fourth-order valence-electron chi connectivity index (χ4n) is 3.17. The second-order valence-electron chi connectivity index (χ2n) is 6.07. The first-order valence-electron chi connectivity index (χ1n) is 7.79. The summed E-state index contributed by atoms with van der Waals surface area (Å²) in [6.07, 6.45) is 4.37. The van der Waals surface area contributed by atoms with Gasteiger partial charge in [-0.2, -0.15) is 5.10 Å². The van der Waals surface area contributed by atoms with Crippen LogP contribution in [0.5, 0.6) is 0 Å².